The van der Waals surface area contributed by atoms with Gasteiger partial charge in [-0.1, -0.05) is 6.07 Å². The van der Waals surface area contributed by atoms with E-state index in [9.17, 15) is 10.2 Å². The van der Waals surface area contributed by atoms with Crippen molar-refractivity contribution in [1.82, 2.24) is 0 Å². The van der Waals surface area contributed by atoms with E-state index < -0.39 is 6.29 Å². The van der Waals surface area contributed by atoms with E-state index in [1.165, 1.54) is 0 Å². The molecular weight excluding hydrogens is 320 g/mol. The van der Waals surface area contributed by atoms with Gasteiger partial charge in [-0.15, -0.1) is 0 Å². The number of aliphatic hydroxyl groups excluding tert-OH is 1. The van der Waals surface area contributed by atoms with E-state index in [0.717, 1.165) is 22.4 Å². The van der Waals surface area contributed by atoms with Crippen molar-refractivity contribution in [3.63, 3.8) is 0 Å². The van der Waals surface area contributed by atoms with Crippen LogP contribution in [0.15, 0.2) is 36.4 Å². The van der Waals surface area contributed by atoms with E-state index in [-0.39, 0.29) is 23.4 Å². The lowest BCUT2D eigenvalue weighted by atomic mass is 9.86. The summed E-state index contributed by atoms with van der Waals surface area (Å²) in [6.07, 6.45) is 2.56. The summed E-state index contributed by atoms with van der Waals surface area (Å²) in [5.74, 6) is 1.71. The van der Waals surface area contributed by atoms with Gasteiger partial charge in [-0.25, -0.2) is 0 Å². The SMILES string of the molecule is CC1(C)C=Cc2c(ccc3c2O[C@@H](O)[C@@H]2c4ccc(O)cc4O[C@H]32)O1. The second-order valence-electron chi connectivity index (χ2n) is 7.23. The normalized spacial score (nSPS) is 27.1. The molecule has 2 aromatic carbocycles. The predicted molar refractivity (Wildman–Crippen MR) is 91.0 cm³/mol. The molecule has 5 heteroatoms. The predicted octanol–water partition coefficient (Wildman–Crippen LogP) is 3.50. The Labute approximate surface area is 145 Å². The molecule has 5 rings (SSSR count). The molecule has 0 radical (unpaired) electrons. The summed E-state index contributed by atoms with van der Waals surface area (Å²) in [6, 6.07) is 8.79. The molecule has 25 heavy (non-hydrogen) atoms. The van der Waals surface area contributed by atoms with Crippen molar-refractivity contribution in [2.24, 2.45) is 0 Å². The Hall–Kier alpha value is -2.66. The van der Waals surface area contributed by atoms with Crippen LogP contribution in [0.2, 0.25) is 0 Å². The van der Waals surface area contributed by atoms with Crippen LogP contribution in [0.25, 0.3) is 6.08 Å². The Morgan fingerprint density at radius 2 is 1.80 bits per heavy atom. The van der Waals surface area contributed by atoms with Crippen molar-refractivity contribution in [3.05, 3.63) is 53.1 Å². The number of benzene rings is 2. The molecule has 2 N–H and O–H groups in total. The highest BCUT2D eigenvalue weighted by Gasteiger charge is 2.47. The van der Waals surface area contributed by atoms with Crippen LogP contribution in [0.5, 0.6) is 23.0 Å². The monoisotopic (exact) mass is 338 g/mol. The van der Waals surface area contributed by atoms with E-state index in [1.54, 1.807) is 18.2 Å². The second kappa shape index (κ2) is 4.70. The van der Waals surface area contributed by atoms with Crippen molar-refractivity contribution >= 4 is 6.08 Å². The van der Waals surface area contributed by atoms with Crippen LogP contribution in [0, 0.1) is 0 Å². The van der Waals surface area contributed by atoms with Crippen LogP contribution in [0.3, 0.4) is 0 Å². The molecule has 3 atom stereocenters. The van der Waals surface area contributed by atoms with Crippen molar-refractivity contribution in [3.8, 4) is 23.0 Å². The molecule has 0 spiro atoms. The fraction of sp³-hybridized carbons (Fsp3) is 0.300. The van der Waals surface area contributed by atoms with Gasteiger partial charge in [0.2, 0.25) is 6.29 Å². The Morgan fingerprint density at radius 3 is 2.64 bits per heavy atom. The molecule has 2 aromatic rings. The number of fused-ring (bicyclic) bond motifs is 7. The quantitative estimate of drug-likeness (QED) is 0.769. The zero-order valence-corrected chi connectivity index (χ0v) is 13.9. The van der Waals surface area contributed by atoms with Gasteiger partial charge < -0.3 is 24.4 Å². The number of hydrogen-bond donors (Lipinski definition) is 2. The molecule has 3 heterocycles. The van der Waals surface area contributed by atoms with Gasteiger partial charge in [-0.2, -0.15) is 0 Å². The Morgan fingerprint density at radius 1 is 1.00 bits per heavy atom. The number of phenolic OH excluding ortho intramolecular Hbond substituents is 1. The number of rotatable bonds is 0. The van der Waals surface area contributed by atoms with Gasteiger partial charge in [0.1, 0.15) is 34.7 Å². The molecule has 128 valence electrons. The Bertz CT molecular complexity index is 915. The number of ether oxygens (including phenoxy) is 3. The van der Waals surface area contributed by atoms with Crippen LogP contribution >= 0.6 is 0 Å². The zero-order chi connectivity index (χ0) is 17.3. The average molecular weight is 338 g/mol. The van der Waals surface area contributed by atoms with Crippen molar-refractivity contribution in [1.29, 1.82) is 0 Å². The van der Waals surface area contributed by atoms with E-state index in [0.29, 0.717) is 11.5 Å². The van der Waals surface area contributed by atoms with Gasteiger partial charge in [-0.05, 0) is 44.2 Å². The maximum Gasteiger partial charge on any atom is 0.208 e. The molecule has 0 amide bonds. The summed E-state index contributed by atoms with van der Waals surface area (Å²) in [4.78, 5) is 0. The highest BCUT2D eigenvalue weighted by molar-refractivity contribution is 5.70. The molecule has 0 aliphatic carbocycles. The summed E-state index contributed by atoms with van der Waals surface area (Å²) in [5, 5.41) is 20.3. The first kappa shape index (κ1) is 14.7. The first-order chi connectivity index (χ1) is 11.9. The summed E-state index contributed by atoms with van der Waals surface area (Å²) in [7, 11) is 0. The molecule has 5 nitrogen and oxygen atoms in total. The third kappa shape index (κ3) is 2.05. The maximum absolute atomic E-state index is 10.6. The largest absolute Gasteiger partial charge is 0.508 e. The second-order valence-corrected chi connectivity index (χ2v) is 7.23. The van der Waals surface area contributed by atoms with Crippen LogP contribution in [0.4, 0.5) is 0 Å². The van der Waals surface area contributed by atoms with Gasteiger partial charge in [-0.3, -0.25) is 0 Å². The molecule has 3 aliphatic rings. The molecule has 0 fully saturated rings. The summed E-state index contributed by atoms with van der Waals surface area (Å²) < 4.78 is 17.9. The van der Waals surface area contributed by atoms with E-state index in [4.69, 9.17) is 14.2 Å². The fourth-order valence-electron chi connectivity index (χ4n) is 3.83. The number of hydrogen-bond acceptors (Lipinski definition) is 5. The molecule has 0 unspecified atom stereocenters. The van der Waals surface area contributed by atoms with E-state index in [2.05, 4.69) is 0 Å². The smallest absolute Gasteiger partial charge is 0.208 e. The number of aromatic hydroxyl groups is 1. The van der Waals surface area contributed by atoms with Crippen molar-refractivity contribution < 1.29 is 24.4 Å². The number of aliphatic hydroxyl groups is 1. The third-order valence-corrected chi connectivity index (χ3v) is 5.00. The lowest BCUT2D eigenvalue weighted by molar-refractivity contribution is -0.0728. The lowest BCUT2D eigenvalue weighted by Crippen LogP contribution is -2.34. The van der Waals surface area contributed by atoms with Gasteiger partial charge in [0.15, 0.2) is 0 Å². The zero-order valence-electron chi connectivity index (χ0n) is 13.9. The molecule has 3 aliphatic heterocycles. The van der Waals surface area contributed by atoms with E-state index >= 15 is 0 Å². The molecule has 0 aromatic heterocycles. The van der Waals surface area contributed by atoms with Crippen LogP contribution in [0.1, 0.15) is 42.6 Å². The summed E-state index contributed by atoms with van der Waals surface area (Å²) >= 11 is 0. The first-order valence-corrected chi connectivity index (χ1v) is 8.32. The van der Waals surface area contributed by atoms with Crippen LogP contribution in [-0.4, -0.2) is 22.1 Å². The molecule has 0 saturated heterocycles. The van der Waals surface area contributed by atoms with Gasteiger partial charge in [0, 0.05) is 17.2 Å². The standard InChI is InChI=1S/C20H18O5/c1-20(2)8-7-12-14(25-20)6-5-13-17(12)24-19(22)16-11-4-3-10(21)9-15(11)23-18(13)16/h3-9,16,18-19,21-22H,1-2H3/t16-,18-,19-/m1/s1. The third-order valence-electron chi connectivity index (χ3n) is 5.00. The van der Waals surface area contributed by atoms with Gasteiger partial charge >= 0.3 is 0 Å². The summed E-state index contributed by atoms with van der Waals surface area (Å²) in [6.45, 7) is 3.97. The first-order valence-electron chi connectivity index (χ1n) is 8.32. The Kier molecular flexibility index (Phi) is 2.76. The highest BCUT2D eigenvalue weighted by Crippen LogP contribution is 2.55. The minimum Gasteiger partial charge on any atom is -0.508 e. The van der Waals surface area contributed by atoms with Crippen molar-refractivity contribution in [2.45, 2.75) is 37.8 Å². The van der Waals surface area contributed by atoms with E-state index in [1.807, 2.05) is 38.1 Å². The van der Waals surface area contributed by atoms with Gasteiger partial charge in [0.05, 0.1) is 11.5 Å². The molecule has 0 bridgehead atoms. The highest BCUT2D eigenvalue weighted by atomic mass is 16.6. The minimum atomic E-state index is -1.03. The average Bonchev–Trinajstić information content (AvgIpc) is 2.92. The minimum absolute atomic E-state index is 0.136. The van der Waals surface area contributed by atoms with Crippen LogP contribution in [-0.2, 0) is 0 Å². The lowest BCUT2D eigenvalue weighted by Gasteiger charge is -2.35. The number of phenols is 1. The maximum atomic E-state index is 10.6. The topological polar surface area (TPSA) is 68.2 Å². The molecule has 0 saturated carbocycles. The van der Waals surface area contributed by atoms with Gasteiger partial charge in [0.25, 0.3) is 0 Å². The van der Waals surface area contributed by atoms with Crippen LogP contribution < -0.4 is 14.2 Å². The Balaban J connectivity index is 1.64. The molecular formula is C20H18O5. The summed E-state index contributed by atoms with van der Waals surface area (Å²) in [5.41, 5.74) is 2.15. The van der Waals surface area contributed by atoms with Crippen molar-refractivity contribution in [2.75, 3.05) is 0 Å². The fourth-order valence-corrected chi connectivity index (χ4v) is 3.83.